The van der Waals surface area contributed by atoms with Crippen molar-refractivity contribution in [1.29, 1.82) is 0 Å². The van der Waals surface area contributed by atoms with Gasteiger partial charge < -0.3 is 19.6 Å². The minimum Gasteiger partial charge on any atom is -0.457 e. The highest BCUT2D eigenvalue weighted by Gasteiger charge is 2.41. The van der Waals surface area contributed by atoms with Crippen LogP contribution in [0.3, 0.4) is 0 Å². The van der Waals surface area contributed by atoms with E-state index in [0.29, 0.717) is 12.1 Å². The number of ether oxygens (including phenoxy) is 1. The van der Waals surface area contributed by atoms with Crippen LogP contribution in [-0.2, 0) is 21.2 Å². The van der Waals surface area contributed by atoms with E-state index in [0.717, 1.165) is 74.2 Å². The molecule has 1 spiro atoms. The van der Waals surface area contributed by atoms with Gasteiger partial charge in [-0.1, -0.05) is 6.07 Å². The predicted octanol–water partition coefficient (Wildman–Crippen LogP) is 1.88. The Hall–Kier alpha value is -2.56. The molecular weight excluding hydrogens is 456 g/mol. The second-order valence-corrected chi connectivity index (χ2v) is 11.8. The molecule has 0 saturated carbocycles. The molecule has 5 rings (SSSR count). The summed E-state index contributed by atoms with van der Waals surface area (Å²) in [5, 5.41) is 10.9. The Morgan fingerprint density at radius 1 is 1.15 bits per heavy atom. The normalized spacial score (nSPS) is 21.0. The van der Waals surface area contributed by atoms with Crippen LogP contribution in [0, 0.1) is 12.3 Å². The van der Waals surface area contributed by atoms with E-state index in [2.05, 4.69) is 19.8 Å². The number of nitrogens with zero attached hydrogens (tertiary/aromatic N) is 4. The van der Waals surface area contributed by atoms with E-state index in [1.54, 1.807) is 12.3 Å². The van der Waals surface area contributed by atoms with E-state index in [1.165, 1.54) is 6.20 Å². The number of rotatable bonds is 5. The number of aliphatic hydroxyl groups is 1. The van der Waals surface area contributed by atoms with E-state index in [4.69, 9.17) is 4.74 Å². The fraction of sp³-hybridized carbons (Fsp3) is 0.542. The Morgan fingerprint density at radius 3 is 2.56 bits per heavy atom. The molecule has 3 aliphatic heterocycles. The summed E-state index contributed by atoms with van der Waals surface area (Å²) >= 11 is 0. The van der Waals surface area contributed by atoms with Crippen LogP contribution in [0.1, 0.15) is 52.4 Å². The van der Waals surface area contributed by atoms with Crippen molar-refractivity contribution < 1.29 is 23.1 Å². The molecule has 1 aromatic heterocycles. The molecule has 1 unspecified atom stereocenters. The number of hydrogen-bond acceptors (Lipinski definition) is 9. The van der Waals surface area contributed by atoms with Crippen molar-refractivity contribution in [3.8, 4) is 0 Å². The maximum Gasteiger partial charge on any atom is 0.338 e. The number of hydrogen-bond donors (Lipinski definition) is 1. The third-order valence-electron chi connectivity index (χ3n) is 7.67. The lowest BCUT2D eigenvalue weighted by Crippen LogP contribution is -2.43. The Morgan fingerprint density at radius 2 is 1.88 bits per heavy atom. The van der Waals surface area contributed by atoms with Gasteiger partial charge in [0.25, 0.3) is 0 Å². The number of aliphatic hydroxyl groups excluding tert-OH is 1. The fourth-order valence-electron chi connectivity index (χ4n) is 5.48. The van der Waals surface area contributed by atoms with Crippen molar-refractivity contribution in [2.45, 2.75) is 43.9 Å². The standard InChI is InChI=1S/C24H30N4O5S/c1-16-17(3-4-18-19(16)14-33-23(18)30)20(29)13-27-8-5-24(6-9-27)7-10-28(15-24)21-11-26-22(12-25-21)34(2,31)32/h3-4,11-12,20,29H,5-10,13-15H2,1-2H3. The molecule has 0 bridgehead atoms. The number of sulfone groups is 1. The van der Waals surface area contributed by atoms with Gasteiger partial charge in [-0.25, -0.2) is 23.2 Å². The summed E-state index contributed by atoms with van der Waals surface area (Å²) in [5.74, 6) is 0.431. The molecule has 1 aromatic carbocycles. The van der Waals surface area contributed by atoms with Crippen molar-refractivity contribution in [2.24, 2.45) is 5.41 Å². The van der Waals surface area contributed by atoms with Gasteiger partial charge >= 0.3 is 5.97 Å². The second kappa shape index (κ2) is 8.58. The lowest BCUT2D eigenvalue weighted by molar-refractivity contribution is 0.0534. The average molecular weight is 487 g/mol. The molecular formula is C24H30N4O5S. The maximum atomic E-state index is 11.8. The topological polar surface area (TPSA) is 113 Å². The first-order valence-electron chi connectivity index (χ1n) is 11.6. The van der Waals surface area contributed by atoms with Crippen molar-refractivity contribution in [2.75, 3.05) is 43.9 Å². The van der Waals surface area contributed by atoms with Crippen LogP contribution in [-0.4, -0.2) is 73.3 Å². The molecule has 0 aliphatic carbocycles. The van der Waals surface area contributed by atoms with Crippen LogP contribution in [0.2, 0.25) is 0 Å². The molecule has 0 amide bonds. The zero-order chi connectivity index (χ0) is 24.1. The number of piperidine rings is 1. The number of cyclic esters (lactones) is 1. The van der Waals surface area contributed by atoms with E-state index >= 15 is 0 Å². The van der Waals surface area contributed by atoms with Gasteiger partial charge in [0.15, 0.2) is 14.9 Å². The molecule has 9 nitrogen and oxygen atoms in total. The monoisotopic (exact) mass is 486 g/mol. The van der Waals surface area contributed by atoms with Gasteiger partial charge in [-0.2, -0.15) is 0 Å². The number of fused-ring (bicyclic) bond motifs is 1. The van der Waals surface area contributed by atoms with Gasteiger partial charge in [0.2, 0.25) is 0 Å². The third kappa shape index (κ3) is 4.30. The van der Waals surface area contributed by atoms with Gasteiger partial charge in [0.1, 0.15) is 12.4 Å². The summed E-state index contributed by atoms with van der Waals surface area (Å²) in [5.41, 5.74) is 3.51. The highest BCUT2D eigenvalue weighted by atomic mass is 32.2. The first-order valence-corrected chi connectivity index (χ1v) is 13.5. The Balaban J connectivity index is 1.18. The van der Waals surface area contributed by atoms with E-state index in [-0.39, 0.29) is 23.0 Å². The highest BCUT2D eigenvalue weighted by Crippen LogP contribution is 2.42. The molecule has 34 heavy (non-hydrogen) atoms. The van der Waals surface area contributed by atoms with Crippen LogP contribution in [0.5, 0.6) is 0 Å². The number of esters is 1. The van der Waals surface area contributed by atoms with E-state index in [9.17, 15) is 18.3 Å². The highest BCUT2D eigenvalue weighted by molar-refractivity contribution is 7.90. The number of β-amino-alcohol motifs (C(OH)–C–C–N with tert-alkyl or cyclic N) is 1. The predicted molar refractivity (Wildman–Crippen MR) is 125 cm³/mol. The van der Waals surface area contributed by atoms with Gasteiger partial charge in [0, 0.05) is 31.5 Å². The molecule has 2 aromatic rings. The van der Waals surface area contributed by atoms with Crippen LogP contribution in [0.25, 0.3) is 0 Å². The number of carbonyl (C=O) groups is 1. The van der Waals surface area contributed by atoms with Gasteiger partial charge in [-0.3, -0.25) is 0 Å². The molecule has 1 N–H and O–H groups in total. The largest absolute Gasteiger partial charge is 0.457 e. The first kappa shape index (κ1) is 23.2. The summed E-state index contributed by atoms with van der Waals surface area (Å²) in [6, 6.07) is 3.61. The third-order valence-corrected chi connectivity index (χ3v) is 8.64. The van der Waals surface area contributed by atoms with Crippen LogP contribution in [0.15, 0.2) is 29.6 Å². The Labute approximate surface area is 199 Å². The first-order chi connectivity index (χ1) is 16.2. The maximum absolute atomic E-state index is 11.8. The number of anilines is 1. The molecule has 1 atom stereocenters. The fourth-order valence-corrected chi connectivity index (χ4v) is 5.97. The lowest BCUT2D eigenvalue weighted by Gasteiger charge is -2.40. The van der Waals surface area contributed by atoms with E-state index in [1.807, 2.05) is 13.0 Å². The summed E-state index contributed by atoms with van der Waals surface area (Å²) in [4.78, 5) is 24.7. The zero-order valence-electron chi connectivity index (χ0n) is 19.5. The summed E-state index contributed by atoms with van der Waals surface area (Å²) in [6.45, 7) is 6.38. The van der Waals surface area contributed by atoms with Crippen LogP contribution in [0.4, 0.5) is 5.82 Å². The number of aromatic nitrogens is 2. The van der Waals surface area contributed by atoms with Crippen molar-refractivity contribution in [3.63, 3.8) is 0 Å². The minimum atomic E-state index is -3.35. The van der Waals surface area contributed by atoms with Gasteiger partial charge in [0.05, 0.1) is 24.1 Å². The smallest absolute Gasteiger partial charge is 0.338 e. The Bertz CT molecular complexity index is 1210. The molecule has 2 fully saturated rings. The number of likely N-dealkylation sites (tertiary alicyclic amines) is 1. The van der Waals surface area contributed by atoms with Gasteiger partial charge in [-0.05, 0) is 61.9 Å². The molecule has 3 aliphatic rings. The SMILES string of the molecule is Cc1c(C(O)CN2CCC3(CC2)CCN(c2cnc(S(C)(=O)=O)cn2)C3)ccc2c1COC2=O. The molecule has 182 valence electrons. The summed E-state index contributed by atoms with van der Waals surface area (Å²) < 4.78 is 28.4. The second-order valence-electron chi connectivity index (χ2n) is 9.85. The lowest BCUT2D eigenvalue weighted by atomic mass is 9.77. The summed E-state index contributed by atoms with van der Waals surface area (Å²) in [7, 11) is -3.35. The summed E-state index contributed by atoms with van der Waals surface area (Å²) in [6.07, 6.45) is 6.55. The quantitative estimate of drug-likeness (QED) is 0.633. The van der Waals surface area contributed by atoms with Crippen molar-refractivity contribution >= 4 is 21.6 Å². The Kier molecular flexibility index (Phi) is 5.86. The molecule has 2 saturated heterocycles. The van der Waals surface area contributed by atoms with Crippen LogP contribution >= 0.6 is 0 Å². The van der Waals surface area contributed by atoms with Crippen molar-refractivity contribution in [1.82, 2.24) is 14.9 Å². The number of carbonyl (C=O) groups excluding carboxylic acids is 1. The van der Waals surface area contributed by atoms with Crippen LogP contribution < -0.4 is 4.90 Å². The molecule has 0 radical (unpaired) electrons. The molecule has 10 heteroatoms. The van der Waals surface area contributed by atoms with Gasteiger partial charge in [-0.15, -0.1) is 0 Å². The van der Waals surface area contributed by atoms with E-state index < -0.39 is 15.9 Å². The minimum absolute atomic E-state index is 0.00485. The van der Waals surface area contributed by atoms with Crippen molar-refractivity contribution in [3.05, 3.63) is 46.8 Å². The number of benzene rings is 1. The average Bonchev–Trinajstić information content (AvgIpc) is 3.40. The molecule has 4 heterocycles. The zero-order valence-corrected chi connectivity index (χ0v) is 20.3.